The molecule has 0 saturated heterocycles. The molecule has 0 aliphatic heterocycles. The number of aliphatic carboxylic acids is 2. The zero-order chi connectivity index (χ0) is 21.4. The molecule has 8 nitrogen and oxygen atoms in total. The van der Waals surface area contributed by atoms with Crippen LogP contribution in [0, 0.1) is 0 Å². The first-order valence-corrected chi connectivity index (χ1v) is 10.4. The number of hydrogen-bond donors (Lipinski definition) is 3. The molecule has 0 aromatic carbocycles. The predicted octanol–water partition coefficient (Wildman–Crippen LogP) is 1.25. The maximum absolute atomic E-state index is 12.4. The Morgan fingerprint density at radius 2 is 1.20 bits per heavy atom. The molecule has 0 radical (unpaired) electrons. The van der Waals surface area contributed by atoms with Gasteiger partial charge in [0.25, 0.3) is 0 Å². The Hall–Kier alpha value is 0.330. The van der Waals surface area contributed by atoms with Crippen LogP contribution in [0.3, 0.4) is 0 Å². The second-order valence-corrected chi connectivity index (χ2v) is 7.30. The van der Waals surface area contributed by atoms with Crippen molar-refractivity contribution in [2.24, 2.45) is 0 Å². The molecule has 1 atom stereocenters. The standard InChI is InChI=1S/C20H38N2O6.2Na.2H/c1-3-4-5-6-7-8-9-10-11-12-18(24)22(17(2)23)14-13-21(15-19(25)26)16-20(27)28;;;;/h17,23H,3-16H2,1-2H3,(H,25,26)(H,27,28);;;;. The van der Waals surface area contributed by atoms with E-state index in [1.54, 1.807) is 0 Å². The van der Waals surface area contributed by atoms with Gasteiger partial charge in [-0.2, -0.15) is 0 Å². The van der Waals surface area contributed by atoms with Crippen LogP contribution in [0.15, 0.2) is 0 Å². The van der Waals surface area contributed by atoms with Crippen LogP contribution in [0.2, 0.25) is 0 Å². The second kappa shape index (κ2) is 22.5. The van der Waals surface area contributed by atoms with Crippen molar-refractivity contribution in [3.05, 3.63) is 0 Å². The fraction of sp³-hybridized carbons (Fsp3) is 0.850. The van der Waals surface area contributed by atoms with Crippen LogP contribution in [0.5, 0.6) is 0 Å². The third-order valence-corrected chi connectivity index (χ3v) is 4.64. The molecule has 168 valence electrons. The summed E-state index contributed by atoms with van der Waals surface area (Å²) < 4.78 is 0. The van der Waals surface area contributed by atoms with Crippen LogP contribution in [-0.4, -0.2) is 134 Å². The number of aliphatic hydroxyl groups excluding tert-OH is 1. The first-order chi connectivity index (χ1) is 13.3. The Kier molecular flexibility index (Phi) is 26.2. The van der Waals surface area contributed by atoms with E-state index in [-0.39, 0.29) is 78.1 Å². The predicted molar refractivity (Wildman–Crippen MR) is 121 cm³/mol. The monoisotopic (exact) mass is 450 g/mol. The van der Waals surface area contributed by atoms with E-state index in [9.17, 15) is 19.5 Å². The van der Waals surface area contributed by atoms with E-state index in [1.165, 1.54) is 55.2 Å². The molecule has 0 saturated carbocycles. The van der Waals surface area contributed by atoms with E-state index in [1.807, 2.05) is 0 Å². The SMILES string of the molecule is CCCCCCCCCCCC(=O)N(CCN(CC(=O)O)CC(=O)O)C(C)O.[NaH].[NaH]. The molecule has 3 N–H and O–H groups in total. The van der Waals surface area contributed by atoms with Gasteiger partial charge in [-0.3, -0.25) is 19.3 Å². The van der Waals surface area contributed by atoms with Crippen molar-refractivity contribution in [2.45, 2.75) is 84.3 Å². The fourth-order valence-electron chi connectivity index (χ4n) is 3.10. The van der Waals surface area contributed by atoms with Crippen LogP contribution in [0.25, 0.3) is 0 Å². The summed E-state index contributed by atoms with van der Waals surface area (Å²) in [6.45, 7) is 3.00. The zero-order valence-corrected chi connectivity index (χ0v) is 17.4. The summed E-state index contributed by atoms with van der Waals surface area (Å²) in [5.74, 6) is -2.46. The number of carbonyl (C=O) groups excluding carboxylic acids is 1. The maximum atomic E-state index is 12.4. The van der Waals surface area contributed by atoms with E-state index >= 15 is 0 Å². The van der Waals surface area contributed by atoms with Crippen molar-refractivity contribution >= 4 is 77.0 Å². The first kappa shape index (κ1) is 34.9. The average Bonchev–Trinajstić information content (AvgIpc) is 2.59. The van der Waals surface area contributed by atoms with E-state index < -0.39 is 31.3 Å². The van der Waals surface area contributed by atoms with Crippen molar-refractivity contribution in [3.8, 4) is 0 Å². The van der Waals surface area contributed by atoms with E-state index in [2.05, 4.69) is 6.92 Å². The van der Waals surface area contributed by atoms with Crippen LogP contribution in [0.1, 0.15) is 78.1 Å². The number of unbranched alkanes of at least 4 members (excludes halogenated alkanes) is 8. The minimum atomic E-state index is -1.13. The number of carbonyl (C=O) groups is 3. The van der Waals surface area contributed by atoms with E-state index in [0.29, 0.717) is 6.42 Å². The Morgan fingerprint density at radius 3 is 1.60 bits per heavy atom. The molecule has 1 amide bonds. The topological polar surface area (TPSA) is 118 Å². The van der Waals surface area contributed by atoms with Crippen molar-refractivity contribution in [1.82, 2.24) is 9.80 Å². The van der Waals surface area contributed by atoms with Crippen LogP contribution in [-0.2, 0) is 14.4 Å². The number of hydrogen-bond acceptors (Lipinski definition) is 5. The molecule has 1 unspecified atom stereocenters. The van der Waals surface area contributed by atoms with Gasteiger partial charge < -0.3 is 20.2 Å². The van der Waals surface area contributed by atoms with Gasteiger partial charge in [0.15, 0.2) is 0 Å². The fourth-order valence-corrected chi connectivity index (χ4v) is 3.10. The van der Waals surface area contributed by atoms with Gasteiger partial charge in [-0.05, 0) is 13.3 Å². The van der Waals surface area contributed by atoms with Crippen molar-refractivity contribution in [1.29, 1.82) is 0 Å². The molecule has 0 spiro atoms. The molecule has 0 aliphatic carbocycles. The minimum absolute atomic E-state index is 0. The Balaban J connectivity index is -0.00000364. The number of rotatable bonds is 18. The molecule has 0 aliphatic rings. The van der Waals surface area contributed by atoms with Gasteiger partial charge in [0, 0.05) is 19.5 Å². The van der Waals surface area contributed by atoms with Crippen LogP contribution < -0.4 is 0 Å². The molecule has 0 heterocycles. The second-order valence-electron chi connectivity index (χ2n) is 7.30. The third-order valence-electron chi connectivity index (χ3n) is 4.64. The normalized spacial score (nSPS) is 11.3. The Morgan fingerprint density at radius 1 is 0.767 bits per heavy atom. The molecule has 0 bridgehead atoms. The molecule has 0 aromatic heterocycles. The Labute approximate surface area is 225 Å². The van der Waals surface area contributed by atoms with E-state index in [4.69, 9.17) is 10.2 Å². The summed E-state index contributed by atoms with van der Waals surface area (Å²) in [6.07, 6.45) is 9.66. The first-order valence-electron chi connectivity index (χ1n) is 10.4. The number of carboxylic acid groups (broad SMARTS) is 2. The van der Waals surface area contributed by atoms with Crippen molar-refractivity contribution < 1.29 is 29.7 Å². The van der Waals surface area contributed by atoms with Crippen molar-refractivity contribution in [2.75, 3.05) is 26.2 Å². The zero-order valence-electron chi connectivity index (χ0n) is 17.4. The number of carboxylic acids is 2. The summed E-state index contributed by atoms with van der Waals surface area (Å²) in [4.78, 5) is 36.6. The van der Waals surface area contributed by atoms with Gasteiger partial charge >= 0.3 is 71.1 Å². The molecule has 10 heteroatoms. The quantitative estimate of drug-likeness (QED) is 0.163. The third kappa shape index (κ3) is 20.2. The summed E-state index contributed by atoms with van der Waals surface area (Å²) in [5.41, 5.74) is 0. The Bertz CT molecular complexity index is 451. The van der Waals surface area contributed by atoms with Gasteiger partial charge in [-0.25, -0.2) is 0 Å². The van der Waals surface area contributed by atoms with E-state index in [0.717, 1.165) is 19.3 Å². The van der Waals surface area contributed by atoms with Gasteiger partial charge in [0.05, 0.1) is 13.1 Å². The molecule has 0 fully saturated rings. The van der Waals surface area contributed by atoms with Gasteiger partial charge in [0.1, 0.15) is 6.23 Å². The van der Waals surface area contributed by atoms with Gasteiger partial charge in [-0.1, -0.05) is 58.3 Å². The average molecular weight is 451 g/mol. The van der Waals surface area contributed by atoms with Crippen LogP contribution in [0.4, 0.5) is 0 Å². The number of aliphatic hydroxyl groups is 1. The molecule has 0 aromatic rings. The summed E-state index contributed by atoms with van der Waals surface area (Å²) in [5, 5.41) is 27.6. The van der Waals surface area contributed by atoms with Gasteiger partial charge in [0.2, 0.25) is 5.91 Å². The molecule has 30 heavy (non-hydrogen) atoms. The summed E-state index contributed by atoms with van der Waals surface area (Å²) >= 11 is 0. The number of amides is 1. The summed E-state index contributed by atoms with van der Waals surface area (Å²) in [7, 11) is 0. The number of nitrogens with zero attached hydrogens (tertiary/aromatic N) is 2. The molecule has 0 rings (SSSR count). The van der Waals surface area contributed by atoms with Gasteiger partial charge in [-0.15, -0.1) is 0 Å². The molecular weight excluding hydrogens is 410 g/mol. The summed E-state index contributed by atoms with van der Waals surface area (Å²) in [6, 6.07) is 0. The van der Waals surface area contributed by atoms with Crippen molar-refractivity contribution in [3.63, 3.8) is 0 Å². The molecular formula is C20H40N2Na2O6. The van der Waals surface area contributed by atoms with Crippen LogP contribution >= 0.6 is 0 Å².